The average molecular weight is 1550 g/mol. The van der Waals surface area contributed by atoms with Crippen LogP contribution in [0.5, 0.6) is 0 Å². The van der Waals surface area contributed by atoms with Gasteiger partial charge >= 0.3 is 0 Å². The van der Waals surface area contributed by atoms with Gasteiger partial charge in [0.1, 0.15) is 48.8 Å². The smallest absolute Gasteiger partial charge is 0.192 e. The lowest BCUT2D eigenvalue weighted by Gasteiger charge is -2.54. The maximum atomic E-state index is 7.68. The van der Waals surface area contributed by atoms with Crippen molar-refractivity contribution in [3.05, 3.63) is 12.2 Å². The second kappa shape index (κ2) is 37.8. The molecule has 0 spiro atoms. The Labute approximate surface area is 630 Å². The standard InChI is InChI=1S/C80H172O12Si8/c1-73(2,3)93(25,26)83-61-63-65(87-95(29,30)75(7,8)9)67(89-97(33,34)77(13,14)15)69(91-99(37,38)79(19,20)21)71(85-63)81-59-57-55-53-51-49-47-45-43-41-42-44-46-48-50-52-54-56-58-60-82-72-70(92-100(39,40)80(22,23)24)68(90-98(35,36)78(16,17)18)66(88-96(31,32)76(10,11)12)64(86-72)62-84-94(27,28)74(4,5)6/h41-42,63-72H,43-62H2,1-40H3/b42-41+/t63-,64-,65-,66-,67+,68+,69-,70-,71-,72-/m1/s1. The van der Waals surface area contributed by atoms with Crippen molar-refractivity contribution >= 4 is 66.5 Å². The summed E-state index contributed by atoms with van der Waals surface area (Å²) in [6.07, 6.45) is 19.7. The Bertz CT molecular complexity index is 2210. The number of rotatable bonds is 40. The van der Waals surface area contributed by atoms with E-state index in [4.69, 9.17) is 54.4 Å². The van der Waals surface area contributed by atoms with Crippen molar-refractivity contribution in [3.8, 4) is 0 Å². The monoisotopic (exact) mass is 1550 g/mol. The third-order valence-corrected chi connectivity index (χ3v) is 62.0. The topological polar surface area (TPSA) is 111 Å². The first-order chi connectivity index (χ1) is 44.7. The Morgan fingerprint density at radius 3 is 0.650 bits per heavy atom. The lowest BCUT2D eigenvalue weighted by atomic mass is 9.99. The van der Waals surface area contributed by atoms with Crippen LogP contribution in [0, 0.1) is 0 Å². The molecule has 0 bridgehead atoms. The van der Waals surface area contributed by atoms with Crippen molar-refractivity contribution in [2.75, 3.05) is 26.4 Å². The zero-order valence-electron chi connectivity index (χ0n) is 74.0. The van der Waals surface area contributed by atoms with Crippen molar-refractivity contribution in [2.45, 2.75) is 475 Å². The SMILES string of the molecule is CC(C)(C)[Si](C)(C)OC[C@H]1O[C@@H](OCCCCCCCCC/C=C/CCCCCCCCCO[C@@H]2O[C@H](CO[Si](C)(C)C(C)(C)C)[C@@H](O[Si](C)(C)C(C)(C)C)[C@H](O[Si](C)(C)C(C)(C)C)[C@H]2O[Si](C)(C)C(C)(C)C)[C@H](O[Si](C)(C)C(C)(C)C)[C@@H](O[Si](C)(C)C(C)(C)C)[C@@H]1O[Si](C)(C)C(C)(C)C. The summed E-state index contributed by atoms with van der Waals surface area (Å²) in [4.78, 5) is 0. The molecule has 20 heteroatoms. The first-order valence-corrected chi connectivity index (χ1v) is 63.5. The van der Waals surface area contributed by atoms with Gasteiger partial charge in [-0.2, -0.15) is 0 Å². The first-order valence-electron chi connectivity index (χ1n) is 40.2. The van der Waals surface area contributed by atoms with Gasteiger partial charge in [0, 0.05) is 13.2 Å². The van der Waals surface area contributed by atoms with Gasteiger partial charge < -0.3 is 54.4 Å². The van der Waals surface area contributed by atoms with Gasteiger partial charge in [-0.15, -0.1) is 0 Å². The average Bonchev–Trinajstić information content (AvgIpc) is 0.756. The third-order valence-electron chi connectivity index (χ3n) is 26.2. The molecule has 0 aromatic carbocycles. The highest BCUT2D eigenvalue weighted by Gasteiger charge is 2.60. The number of allylic oxidation sites excluding steroid dienone is 2. The van der Waals surface area contributed by atoms with E-state index in [-0.39, 0.29) is 76.9 Å². The minimum atomic E-state index is -2.37. The van der Waals surface area contributed by atoms with Gasteiger partial charge in [-0.1, -0.05) is 243 Å². The molecular formula is C80H172O12Si8. The molecule has 12 nitrogen and oxygen atoms in total. The highest BCUT2D eigenvalue weighted by molar-refractivity contribution is 6.77. The van der Waals surface area contributed by atoms with E-state index >= 15 is 0 Å². The molecule has 0 aromatic rings. The summed E-state index contributed by atoms with van der Waals surface area (Å²) in [5.74, 6) is 0. The molecule has 0 aromatic heterocycles. The molecule has 0 saturated carbocycles. The molecular weight excluding hydrogens is 1380 g/mol. The lowest BCUT2D eigenvalue weighted by molar-refractivity contribution is -0.291. The molecule has 0 unspecified atom stereocenters. The third kappa shape index (κ3) is 29.3. The Kier molecular flexibility index (Phi) is 36.7. The zero-order valence-corrected chi connectivity index (χ0v) is 82.0. The van der Waals surface area contributed by atoms with Crippen molar-refractivity contribution in [1.82, 2.24) is 0 Å². The molecule has 2 fully saturated rings. The van der Waals surface area contributed by atoms with Crippen LogP contribution < -0.4 is 0 Å². The van der Waals surface area contributed by atoms with Crippen molar-refractivity contribution < 1.29 is 54.4 Å². The highest BCUT2D eigenvalue weighted by atomic mass is 28.4. The Morgan fingerprint density at radius 2 is 0.430 bits per heavy atom. The van der Waals surface area contributed by atoms with Crippen molar-refractivity contribution in [3.63, 3.8) is 0 Å². The van der Waals surface area contributed by atoms with Gasteiger partial charge in [-0.05, 0) is 184 Å². The van der Waals surface area contributed by atoms with Crippen LogP contribution in [-0.4, -0.2) is 154 Å². The van der Waals surface area contributed by atoms with E-state index in [9.17, 15) is 0 Å². The van der Waals surface area contributed by atoms with Crippen LogP contribution in [0.1, 0.15) is 269 Å². The maximum Gasteiger partial charge on any atom is 0.192 e. The van der Waals surface area contributed by atoms with Crippen LogP contribution in [0.15, 0.2) is 12.2 Å². The fourth-order valence-corrected chi connectivity index (χ4v) is 20.2. The fourth-order valence-electron chi connectivity index (χ4n) is 10.3. The Hall–Kier alpha value is 0.995. The molecule has 0 amide bonds. The number of ether oxygens (including phenoxy) is 4. The van der Waals surface area contributed by atoms with Crippen molar-refractivity contribution in [2.24, 2.45) is 0 Å². The summed E-state index contributed by atoms with van der Waals surface area (Å²) in [6, 6.07) is 0. The summed E-state index contributed by atoms with van der Waals surface area (Å²) in [7, 11) is -18.5. The van der Waals surface area contributed by atoms with Crippen LogP contribution in [0.2, 0.25) is 145 Å². The van der Waals surface area contributed by atoms with Gasteiger partial charge in [0.15, 0.2) is 79.1 Å². The summed E-state index contributed by atoms with van der Waals surface area (Å²) >= 11 is 0. The molecule has 10 atom stereocenters. The second-order valence-corrected chi connectivity index (χ2v) is 81.2. The summed E-state index contributed by atoms with van der Waals surface area (Å²) < 4.78 is 88.3. The van der Waals surface area contributed by atoms with Crippen LogP contribution in [0.4, 0.5) is 0 Å². The molecule has 0 aliphatic carbocycles. The molecule has 596 valence electrons. The first kappa shape index (κ1) is 97.1. The molecule has 2 aliphatic rings. The van der Waals surface area contributed by atoms with Gasteiger partial charge in [0.2, 0.25) is 0 Å². The van der Waals surface area contributed by atoms with E-state index in [0.29, 0.717) is 26.4 Å². The Morgan fingerprint density at radius 1 is 0.240 bits per heavy atom. The van der Waals surface area contributed by atoms with E-state index in [1.165, 1.54) is 77.0 Å². The number of hydrogen-bond acceptors (Lipinski definition) is 12. The van der Waals surface area contributed by atoms with Crippen molar-refractivity contribution in [1.29, 1.82) is 0 Å². The van der Waals surface area contributed by atoms with Crippen LogP contribution in [0.25, 0.3) is 0 Å². The van der Waals surface area contributed by atoms with Crippen LogP contribution in [0.3, 0.4) is 0 Å². The summed E-state index contributed by atoms with van der Waals surface area (Å²) in [5.41, 5.74) is 0. The van der Waals surface area contributed by atoms with E-state index in [0.717, 1.165) is 25.7 Å². The lowest BCUT2D eigenvalue weighted by Crippen LogP contribution is -2.68. The second-order valence-electron chi connectivity index (χ2n) is 43.0. The molecule has 0 radical (unpaired) electrons. The number of hydrogen-bond donors (Lipinski definition) is 0. The molecule has 2 aliphatic heterocycles. The summed E-state index contributed by atoms with van der Waals surface area (Å²) in [5, 5.41) is -0.0330. The molecule has 100 heavy (non-hydrogen) atoms. The van der Waals surface area contributed by atoms with Crippen LogP contribution >= 0.6 is 0 Å². The van der Waals surface area contributed by atoms with Gasteiger partial charge in [0.05, 0.1) is 13.2 Å². The minimum absolute atomic E-state index is 0.0168. The highest BCUT2D eigenvalue weighted by Crippen LogP contribution is 2.50. The Balaban J connectivity index is 2.04. The fraction of sp³-hybridized carbons (Fsp3) is 0.975. The van der Waals surface area contributed by atoms with Gasteiger partial charge in [-0.3, -0.25) is 0 Å². The van der Waals surface area contributed by atoms with Crippen LogP contribution in [-0.2, 0) is 54.4 Å². The maximum absolute atomic E-state index is 7.68. The normalized spacial score (nSPS) is 24.1. The minimum Gasteiger partial charge on any atom is -0.414 e. The van der Waals surface area contributed by atoms with Gasteiger partial charge in [-0.25, -0.2) is 0 Å². The predicted octanol–water partition coefficient (Wildman–Crippen LogP) is 25.7. The zero-order chi connectivity index (χ0) is 77.8. The predicted molar refractivity (Wildman–Crippen MR) is 451 cm³/mol. The molecule has 2 saturated heterocycles. The quantitative estimate of drug-likeness (QED) is 0.0331. The summed E-state index contributed by atoms with van der Waals surface area (Å²) in [6.45, 7) is 95.4. The van der Waals surface area contributed by atoms with E-state index in [2.05, 4.69) is 283 Å². The largest absolute Gasteiger partial charge is 0.414 e. The molecule has 2 rings (SSSR count). The van der Waals surface area contributed by atoms with E-state index in [1.807, 2.05) is 0 Å². The van der Waals surface area contributed by atoms with E-state index < -0.39 is 91.3 Å². The molecule has 2 heterocycles. The molecule has 0 N–H and O–H groups in total. The van der Waals surface area contributed by atoms with E-state index in [1.54, 1.807) is 0 Å². The van der Waals surface area contributed by atoms with Gasteiger partial charge in [0.25, 0.3) is 0 Å². The number of unbranched alkanes of at least 4 members (excludes halogenated alkanes) is 14.